The minimum Gasteiger partial charge on any atom is -0.497 e. The second kappa shape index (κ2) is 8.05. The summed E-state index contributed by atoms with van der Waals surface area (Å²) in [4.78, 5) is 4.46. The van der Waals surface area contributed by atoms with Crippen LogP contribution in [0.4, 0.5) is 5.69 Å². The van der Waals surface area contributed by atoms with Gasteiger partial charge in [-0.1, -0.05) is 5.16 Å². The molecule has 0 aliphatic heterocycles. The van der Waals surface area contributed by atoms with Gasteiger partial charge in [0.05, 0.1) is 32.4 Å². The van der Waals surface area contributed by atoms with Crippen molar-refractivity contribution in [2.75, 3.05) is 19.5 Å². The number of methoxy groups -OCH3 is 2. The molecule has 0 bridgehead atoms. The van der Waals surface area contributed by atoms with Gasteiger partial charge < -0.3 is 19.3 Å². The molecule has 0 radical (unpaired) electrons. The molecule has 2 aromatic carbocycles. The highest BCUT2D eigenvalue weighted by molar-refractivity contribution is 5.65. The largest absolute Gasteiger partial charge is 0.497 e. The Kier molecular flexibility index (Phi) is 4.95. The van der Waals surface area contributed by atoms with Crippen LogP contribution in [0.15, 0.2) is 47.0 Å². The summed E-state index contributed by atoms with van der Waals surface area (Å²) in [5, 5.41) is 19.4. The number of nitrogens with zero attached hydrogens (tertiary/aromatic N) is 6. The Labute approximate surface area is 178 Å². The number of tetrazole rings is 1. The second-order valence-corrected chi connectivity index (χ2v) is 7.19. The Balaban J connectivity index is 1.26. The van der Waals surface area contributed by atoms with E-state index in [1.54, 1.807) is 20.3 Å². The summed E-state index contributed by atoms with van der Waals surface area (Å²) in [6, 6.07) is 13.8. The summed E-state index contributed by atoms with van der Waals surface area (Å²) < 4.78 is 17.9. The molecular weight excluding hydrogens is 398 g/mol. The van der Waals surface area contributed by atoms with Crippen LogP contribution in [-0.4, -0.2) is 44.6 Å². The smallest absolute Gasteiger partial charge is 0.246 e. The lowest BCUT2D eigenvalue weighted by Gasteiger charge is -2.07. The van der Waals surface area contributed by atoms with Gasteiger partial charge in [-0.15, -0.1) is 5.10 Å². The fourth-order valence-electron chi connectivity index (χ4n) is 3.28. The number of hydrogen-bond acceptors (Lipinski definition) is 9. The first-order valence-electron chi connectivity index (χ1n) is 9.92. The van der Waals surface area contributed by atoms with Crippen LogP contribution in [0.3, 0.4) is 0 Å². The van der Waals surface area contributed by atoms with E-state index in [4.69, 9.17) is 14.0 Å². The third-order valence-electron chi connectivity index (χ3n) is 5.09. The zero-order valence-corrected chi connectivity index (χ0v) is 17.1. The minimum atomic E-state index is 0.393. The van der Waals surface area contributed by atoms with E-state index in [1.807, 2.05) is 41.1 Å². The Hall–Kier alpha value is -3.95. The highest BCUT2D eigenvalue weighted by atomic mass is 16.5. The highest BCUT2D eigenvalue weighted by Crippen LogP contribution is 2.36. The molecule has 0 saturated heterocycles. The molecule has 31 heavy (non-hydrogen) atoms. The minimum absolute atomic E-state index is 0.393. The third kappa shape index (κ3) is 3.91. The van der Waals surface area contributed by atoms with E-state index in [1.165, 1.54) is 0 Å². The van der Waals surface area contributed by atoms with Gasteiger partial charge in [0.25, 0.3) is 0 Å². The normalized spacial score (nSPS) is 13.2. The van der Waals surface area contributed by atoms with Crippen LogP contribution in [0.2, 0.25) is 0 Å². The van der Waals surface area contributed by atoms with Gasteiger partial charge in [0.1, 0.15) is 11.5 Å². The van der Waals surface area contributed by atoms with Crippen molar-refractivity contribution in [2.45, 2.75) is 25.4 Å². The molecule has 0 unspecified atom stereocenters. The lowest BCUT2D eigenvalue weighted by Crippen LogP contribution is -2.01. The molecule has 0 amide bonds. The zero-order chi connectivity index (χ0) is 21.2. The summed E-state index contributed by atoms with van der Waals surface area (Å²) in [6.45, 7) is 0.393. The Morgan fingerprint density at radius 2 is 1.94 bits per heavy atom. The topological polar surface area (TPSA) is 113 Å². The predicted molar refractivity (Wildman–Crippen MR) is 112 cm³/mol. The quantitative estimate of drug-likeness (QED) is 0.459. The van der Waals surface area contributed by atoms with Gasteiger partial charge in [-0.3, -0.25) is 0 Å². The van der Waals surface area contributed by atoms with Crippen LogP contribution in [0.5, 0.6) is 11.5 Å². The van der Waals surface area contributed by atoms with Crippen molar-refractivity contribution in [1.82, 2.24) is 30.3 Å². The first-order valence-corrected chi connectivity index (χ1v) is 9.92. The Bertz CT molecular complexity index is 1180. The molecule has 5 rings (SSSR count). The van der Waals surface area contributed by atoms with Crippen LogP contribution < -0.4 is 14.8 Å². The maximum atomic E-state index is 5.42. The molecule has 1 aliphatic carbocycles. The average Bonchev–Trinajstić information content (AvgIpc) is 3.35. The Morgan fingerprint density at radius 1 is 1.10 bits per heavy atom. The molecule has 0 atom stereocenters. The highest BCUT2D eigenvalue weighted by Gasteiger charge is 2.28. The van der Waals surface area contributed by atoms with Crippen molar-refractivity contribution in [3.8, 4) is 34.3 Å². The van der Waals surface area contributed by atoms with Crippen molar-refractivity contribution in [2.24, 2.45) is 0 Å². The summed E-state index contributed by atoms with van der Waals surface area (Å²) in [7, 11) is 3.20. The number of rotatable bonds is 8. The zero-order valence-electron chi connectivity index (χ0n) is 17.1. The number of nitrogens with one attached hydrogen (secondary N) is 1. The molecule has 2 heterocycles. The third-order valence-corrected chi connectivity index (χ3v) is 5.09. The molecule has 4 aromatic rings. The van der Waals surface area contributed by atoms with Gasteiger partial charge >= 0.3 is 0 Å². The van der Waals surface area contributed by atoms with Gasteiger partial charge in [0.2, 0.25) is 11.7 Å². The number of ether oxygens (including phenoxy) is 2. The SMILES string of the molecule is COc1ccc(-c2noc(CNc3ccc(-c4nnnn4C4CC4)cc3)n2)c(OC)c1. The van der Waals surface area contributed by atoms with Crippen molar-refractivity contribution in [1.29, 1.82) is 0 Å². The Morgan fingerprint density at radius 3 is 2.68 bits per heavy atom. The van der Waals surface area contributed by atoms with Gasteiger partial charge in [-0.25, -0.2) is 4.68 Å². The summed E-state index contributed by atoms with van der Waals surface area (Å²) in [5.74, 6) is 3.03. The van der Waals surface area contributed by atoms with Crippen molar-refractivity contribution >= 4 is 5.69 Å². The van der Waals surface area contributed by atoms with Gasteiger partial charge in [-0.2, -0.15) is 4.98 Å². The van der Waals surface area contributed by atoms with E-state index < -0.39 is 0 Å². The van der Waals surface area contributed by atoms with E-state index in [2.05, 4.69) is 31.0 Å². The number of benzene rings is 2. The molecule has 0 spiro atoms. The molecular formula is C21H21N7O3. The van der Waals surface area contributed by atoms with E-state index in [-0.39, 0.29) is 0 Å². The van der Waals surface area contributed by atoms with Gasteiger partial charge in [0, 0.05) is 17.3 Å². The molecule has 158 valence electrons. The monoisotopic (exact) mass is 419 g/mol. The molecule has 2 aromatic heterocycles. The fourth-order valence-corrected chi connectivity index (χ4v) is 3.28. The second-order valence-electron chi connectivity index (χ2n) is 7.19. The molecule has 1 saturated carbocycles. The summed E-state index contributed by atoms with van der Waals surface area (Å²) >= 11 is 0. The number of aromatic nitrogens is 6. The molecule has 1 N–H and O–H groups in total. The summed E-state index contributed by atoms with van der Waals surface area (Å²) in [5.41, 5.74) is 2.64. The molecule has 1 fully saturated rings. The van der Waals surface area contributed by atoms with E-state index in [9.17, 15) is 0 Å². The number of hydrogen-bond donors (Lipinski definition) is 1. The lowest BCUT2D eigenvalue weighted by molar-refractivity contribution is 0.382. The van der Waals surface area contributed by atoms with Crippen LogP contribution in [0.1, 0.15) is 24.8 Å². The molecule has 1 aliphatic rings. The first kappa shape index (κ1) is 19.0. The summed E-state index contributed by atoms with van der Waals surface area (Å²) in [6.07, 6.45) is 2.26. The average molecular weight is 419 g/mol. The first-order chi connectivity index (χ1) is 15.2. The van der Waals surface area contributed by atoms with Crippen molar-refractivity contribution in [3.05, 3.63) is 48.4 Å². The maximum Gasteiger partial charge on any atom is 0.246 e. The van der Waals surface area contributed by atoms with Crippen LogP contribution in [-0.2, 0) is 6.54 Å². The van der Waals surface area contributed by atoms with E-state index in [0.29, 0.717) is 35.8 Å². The van der Waals surface area contributed by atoms with Gasteiger partial charge in [0.15, 0.2) is 5.82 Å². The van der Waals surface area contributed by atoms with Gasteiger partial charge in [-0.05, 0) is 59.7 Å². The van der Waals surface area contributed by atoms with E-state index >= 15 is 0 Å². The van der Waals surface area contributed by atoms with E-state index in [0.717, 1.165) is 35.5 Å². The maximum absolute atomic E-state index is 5.42. The van der Waals surface area contributed by atoms with Crippen molar-refractivity contribution < 1.29 is 14.0 Å². The van der Waals surface area contributed by atoms with Crippen LogP contribution in [0, 0.1) is 0 Å². The lowest BCUT2D eigenvalue weighted by atomic mass is 10.2. The fraction of sp³-hybridized carbons (Fsp3) is 0.286. The van der Waals surface area contributed by atoms with Crippen molar-refractivity contribution in [3.63, 3.8) is 0 Å². The van der Waals surface area contributed by atoms with Crippen LogP contribution in [0.25, 0.3) is 22.8 Å². The molecule has 10 heteroatoms. The molecule has 10 nitrogen and oxygen atoms in total. The standard InChI is InChI=1S/C21H21N7O3/c1-29-16-9-10-17(18(11-16)30-2)20-23-19(31-25-20)12-22-14-5-3-13(4-6-14)21-24-26-27-28(21)15-7-8-15/h3-6,9-11,15,22H,7-8,12H2,1-2H3. The predicted octanol–water partition coefficient (Wildman–Crippen LogP) is 3.35. The number of anilines is 1. The van der Waals surface area contributed by atoms with Crippen LogP contribution >= 0.6 is 0 Å².